The number of nitrogens with zero attached hydrogens (tertiary/aromatic N) is 1. The molecule has 156 valence electrons. The first-order valence-electron chi connectivity index (χ1n) is 9.03. The van der Waals surface area contributed by atoms with Crippen molar-refractivity contribution in [3.05, 3.63) is 65.0 Å². The van der Waals surface area contributed by atoms with Crippen LogP contribution in [0, 0.1) is 17.5 Å². The molecule has 3 rings (SSSR count). The van der Waals surface area contributed by atoms with Crippen molar-refractivity contribution >= 4 is 11.7 Å². The molecular formula is C20H18F6N2O. The van der Waals surface area contributed by atoms with E-state index in [9.17, 15) is 31.1 Å². The maximum Gasteiger partial charge on any atom is 0.416 e. The number of benzene rings is 2. The van der Waals surface area contributed by atoms with Crippen LogP contribution >= 0.6 is 0 Å². The highest BCUT2D eigenvalue weighted by Crippen LogP contribution is 2.34. The number of carbonyl (C=O) groups is 1. The number of carbonyl (C=O) groups excluding carboxylic acids is 1. The summed E-state index contributed by atoms with van der Waals surface area (Å²) in [7, 11) is 0. The van der Waals surface area contributed by atoms with E-state index in [1.54, 1.807) is 0 Å². The van der Waals surface area contributed by atoms with Gasteiger partial charge in [0.1, 0.15) is 5.82 Å². The summed E-state index contributed by atoms with van der Waals surface area (Å²) < 4.78 is 79.8. The Balaban J connectivity index is 1.88. The fourth-order valence-corrected chi connectivity index (χ4v) is 3.49. The lowest BCUT2D eigenvalue weighted by molar-refractivity contribution is -0.138. The van der Waals surface area contributed by atoms with Crippen LogP contribution in [0.25, 0.3) is 0 Å². The summed E-state index contributed by atoms with van der Waals surface area (Å²) >= 11 is 0. The molecule has 2 aromatic rings. The fraction of sp³-hybridized carbons (Fsp3) is 0.350. The third-order valence-electron chi connectivity index (χ3n) is 4.92. The minimum absolute atomic E-state index is 0.0213. The Morgan fingerprint density at radius 3 is 2.31 bits per heavy atom. The first-order chi connectivity index (χ1) is 13.6. The predicted octanol–water partition coefficient (Wildman–Crippen LogP) is 6.10. The number of halogens is 6. The molecule has 3 nitrogen and oxygen atoms in total. The van der Waals surface area contributed by atoms with Crippen molar-refractivity contribution in [2.75, 3.05) is 5.32 Å². The van der Waals surface area contributed by atoms with E-state index >= 15 is 0 Å². The Kier molecular flexibility index (Phi) is 6.04. The van der Waals surface area contributed by atoms with Gasteiger partial charge in [-0.2, -0.15) is 13.2 Å². The van der Waals surface area contributed by atoms with Crippen molar-refractivity contribution in [3.8, 4) is 0 Å². The average molecular weight is 416 g/mol. The highest BCUT2D eigenvalue weighted by molar-refractivity contribution is 5.89. The van der Waals surface area contributed by atoms with E-state index in [1.807, 2.05) is 0 Å². The van der Waals surface area contributed by atoms with Gasteiger partial charge >= 0.3 is 12.2 Å². The lowest BCUT2D eigenvalue weighted by atomic mass is 10.0. The van der Waals surface area contributed by atoms with E-state index in [1.165, 1.54) is 4.90 Å². The van der Waals surface area contributed by atoms with E-state index in [2.05, 4.69) is 5.32 Å². The second kappa shape index (κ2) is 8.34. The number of alkyl halides is 3. The fourth-order valence-electron chi connectivity index (χ4n) is 3.49. The summed E-state index contributed by atoms with van der Waals surface area (Å²) in [6.45, 7) is -0.394. The SMILES string of the molecule is O=C(Nc1ccc(F)c(F)c1)N(Cc1ccc(F)cc1C(F)(F)F)C1CCCC1. The van der Waals surface area contributed by atoms with Gasteiger partial charge in [-0.25, -0.2) is 18.0 Å². The normalized spacial score (nSPS) is 14.8. The molecule has 0 radical (unpaired) electrons. The van der Waals surface area contributed by atoms with E-state index in [0.29, 0.717) is 18.9 Å². The van der Waals surface area contributed by atoms with E-state index < -0.39 is 41.8 Å². The first kappa shape index (κ1) is 21.0. The van der Waals surface area contributed by atoms with Crippen molar-refractivity contribution in [3.63, 3.8) is 0 Å². The van der Waals surface area contributed by atoms with Crippen LogP contribution in [0.1, 0.15) is 36.8 Å². The summed E-state index contributed by atoms with van der Waals surface area (Å²) in [4.78, 5) is 14.0. The van der Waals surface area contributed by atoms with Crippen LogP contribution in [0.2, 0.25) is 0 Å². The quantitative estimate of drug-likeness (QED) is 0.600. The molecule has 1 N–H and O–H groups in total. The number of anilines is 1. The zero-order chi connectivity index (χ0) is 21.2. The molecule has 0 aliphatic heterocycles. The Hall–Kier alpha value is -2.71. The zero-order valence-corrected chi connectivity index (χ0v) is 15.2. The van der Waals surface area contributed by atoms with Crippen LogP contribution in [-0.2, 0) is 12.7 Å². The molecule has 0 unspecified atom stereocenters. The van der Waals surface area contributed by atoms with Gasteiger partial charge in [0, 0.05) is 24.3 Å². The van der Waals surface area contributed by atoms with Gasteiger partial charge in [-0.3, -0.25) is 0 Å². The number of hydrogen-bond acceptors (Lipinski definition) is 1. The zero-order valence-electron chi connectivity index (χ0n) is 15.2. The predicted molar refractivity (Wildman–Crippen MR) is 94.6 cm³/mol. The van der Waals surface area contributed by atoms with Crippen LogP contribution in [0.5, 0.6) is 0 Å². The molecule has 9 heteroatoms. The standard InChI is InChI=1S/C20H18F6N2O/c21-13-6-5-12(16(9-13)20(24,25)26)11-28(15-3-1-2-4-15)19(29)27-14-7-8-17(22)18(23)10-14/h5-10,15H,1-4,11H2,(H,27,29). The van der Waals surface area contributed by atoms with Gasteiger partial charge in [-0.1, -0.05) is 18.9 Å². The number of rotatable bonds is 4. The van der Waals surface area contributed by atoms with E-state index in [0.717, 1.165) is 43.2 Å². The molecule has 0 spiro atoms. The molecule has 2 amide bonds. The minimum Gasteiger partial charge on any atom is -0.317 e. The van der Waals surface area contributed by atoms with Crippen molar-refractivity contribution in [1.82, 2.24) is 4.90 Å². The Bertz CT molecular complexity index is 893. The smallest absolute Gasteiger partial charge is 0.317 e. The maximum absolute atomic E-state index is 13.4. The van der Waals surface area contributed by atoms with Gasteiger partial charge in [0.15, 0.2) is 11.6 Å². The molecule has 0 aromatic heterocycles. The molecule has 1 fully saturated rings. The first-order valence-corrected chi connectivity index (χ1v) is 9.03. The number of nitrogens with one attached hydrogen (secondary N) is 1. The molecule has 0 saturated heterocycles. The van der Waals surface area contributed by atoms with Crippen LogP contribution in [-0.4, -0.2) is 17.0 Å². The number of amides is 2. The minimum atomic E-state index is -4.78. The van der Waals surface area contributed by atoms with Gasteiger partial charge in [-0.05, 0) is 42.7 Å². The number of hydrogen-bond donors (Lipinski definition) is 1. The second-order valence-corrected chi connectivity index (χ2v) is 6.92. The van der Waals surface area contributed by atoms with Gasteiger partial charge < -0.3 is 10.2 Å². The van der Waals surface area contributed by atoms with E-state index in [4.69, 9.17) is 0 Å². The molecule has 0 bridgehead atoms. The summed E-state index contributed by atoms with van der Waals surface area (Å²) in [6.07, 6.45) is -1.94. The van der Waals surface area contributed by atoms with Crippen LogP contribution in [0.3, 0.4) is 0 Å². The molecular weight excluding hydrogens is 398 g/mol. The summed E-state index contributed by atoms with van der Waals surface area (Å²) in [5.74, 6) is -3.27. The van der Waals surface area contributed by atoms with E-state index in [-0.39, 0.29) is 17.3 Å². The van der Waals surface area contributed by atoms with Gasteiger partial charge in [0.2, 0.25) is 0 Å². The highest BCUT2D eigenvalue weighted by atomic mass is 19.4. The van der Waals surface area contributed by atoms with Crippen LogP contribution in [0.15, 0.2) is 36.4 Å². The lowest BCUT2D eigenvalue weighted by Gasteiger charge is -2.30. The summed E-state index contributed by atoms with van der Waals surface area (Å²) in [5, 5.41) is 2.40. The molecule has 0 atom stereocenters. The van der Waals surface area contributed by atoms with Crippen molar-refractivity contribution in [2.45, 2.75) is 44.4 Å². The summed E-state index contributed by atoms with van der Waals surface area (Å²) in [5.41, 5.74) is -1.42. The average Bonchev–Trinajstić information content (AvgIpc) is 3.17. The van der Waals surface area contributed by atoms with Crippen LogP contribution in [0.4, 0.5) is 36.8 Å². The Labute approximate surface area is 163 Å². The molecule has 1 saturated carbocycles. The van der Waals surface area contributed by atoms with Crippen molar-refractivity contribution < 1.29 is 31.1 Å². The van der Waals surface area contributed by atoms with Crippen molar-refractivity contribution in [2.24, 2.45) is 0 Å². The molecule has 1 aliphatic carbocycles. The highest BCUT2D eigenvalue weighted by Gasteiger charge is 2.36. The lowest BCUT2D eigenvalue weighted by Crippen LogP contribution is -2.41. The van der Waals surface area contributed by atoms with Gasteiger partial charge in [-0.15, -0.1) is 0 Å². The van der Waals surface area contributed by atoms with Crippen LogP contribution < -0.4 is 5.32 Å². The summed E-state index contributed by atoms with van der Waals surface area (Å²) in [6, 6.07) is 4.05. The maximum atomic E-state index is 13.4. The topological polar surface area (TPSA) is 32.3 Å². The third-order valence-corrected chi connectivity index (χ3v) is 4.92. The van der Waals surface area contributed by atoms with Gasteiger partial charge in [0.05, 0.1) is 5.56 Å². The Morgan fingerprint density at radius 1 is 1.00 bits per heavy atom. The molecule has 0 heterocycles. The molecule has 1 aliphatic rings. The molecule has 2 aromatic carbocycles. The third kappa shape index (κ3) is 5.02. The monoisotopic (exact) mass is 416 g/mol. The molecule has 29 heavy (non-hydrogen) atoms. The van der Waals surface area contributed by atoms with Gasteiger partial charge in [0.25, 0.3) is 0 Å². The largest absolute Gasteiger partial charge is 0.416 e. The second-order valence-electron chi connectivity index (χ2n) is 6.92. The van der Waals surface area contributed by atoms with Crippen molar-refractivity contribution in [1.29, 1.82) is 0 Å². The Morgan fingerprint density at radius 2 is 1.69 bits per heavy atom. The number of urea groups is 1.